The first-order valence-corrected chi connectivity index (χ1v) is 11.3. The molecule has 2 aromatic rings. The first-order valence-electron chi connectivity index (χ1n) is 11.3. The molecule has 1 unspecified atom stereocenters. The third kappa shape index (κ3) is 7.41. The highest BCUT2D eigenvalue weighted by Gasteiger charge is 2.25. The van der Waals surface area contributed by atoms with Crippen LogP contribution in [0.1, 0.15) is 63.3 Å². The van der Waals surface area contributed by atoms with E-state index in [1.54, 1.807) is 30.3 Å². The van der Waals surface area contributed by atoms with E-state index in [1.807, 2.05) is 52.1 Å². The Bertz CT molecular complexity index is 1180. The summed E-state index contributed by atoms with van der Waals surface area (Å²) in [5.41, 5.74) is 3.23. The summed E-state index contributed by atoms with van der Waals surface area (Å²) in [5, 5.41) is 9.54. The smallest absolute Gasteiger partial charge is 0.336 e. The molecule has 4 nitrogen and oxygen atoms in total. The van der Waals surface area contributed by atoms with Crippen LogP contribution in [-0.4, -0.2) is 30.5 Å². The minimum absolute atomic E-state index is 0.00124. The molecule has 1 atom stereocenters. The summed E-state index contributed by atoms with van der Waals surface area (Å²) in [6.07, 6.45) is 8.89. The molecule has 1 N–H and O–H groups in total. The molecule has 0 amide bonds. The second-order valence-electron chi connectivity index (χ2n) is 8.71. The number of hydrogen-bond acceptors (Lipinski definition) is 3. The van der Waals surface area contributed by atoms with Gasteiger partial charge in [-0.2, -0.15) is 0 Å². The number of allylic oxidation sites excluding steroid dienone is 7. The molecule has 0 saturated carbocycles. The largest absolute Gasteiger partial charge is 0.478 e. The van der Waals surface area contributed by atoms with E-state index in [4.69, 9.17) is 0 Å². The van der Waals surface area contributed by atoms with Crippen LogP contribution in [0, 0.1) is 12.8 Å². The minimum atomic E-state index is -1.21. The van der Waals surface area contributed by atoms with Crippen molar-refractivity contribution in [1.29, 1.82) is 0 Å². The Kier molecular flexibility index (Phi) is 9.75. The van der Waals surface area contributed by atoms with Crippen molar-refractivity contribution < 1.29 is 19.5 Å². The molecular weight excluding hydrogens is 423 g/mol. The Morgan fingerprint density at radius 1 is 1.00 bits per heavy atom. The number of aromatic carboxylic acids is 1. The number of aryl methyl sites for hydroxylation is 1. The van der Waals surface area contributed by atoms with E-state index < -0.39 is 17.5 Å². The van der Waals surface area contributed by atoms with E-state index in [0.717, 1.165) is 17.5 Å². The zero-order valence-electron chi connectivity index (χ0n) is 20.3. The Morgan fingerprint density at radius 3 is 2.15 bits per heavy atom. The van der Waals surface area contributed by atoms with Crippen molar-refractivity contribution in [3.05, 3.63) is 118 Å². The number of benzene rings is 2. The van der Waals surface area contributed by atoms with E-state index in [2.05, 4.69) is 13.5 Å². The van der Waals surface area contributed by atoms with Crippen LogP contribution in [-0.2, 0) is 0 Å². The van der Waals surface area contributed by atoms with Gasteiger partial charge >= 0.3 is 5.97 Å². The van der Waals surface area contributed by atoms with E-state index in [1.165, 1.54) is 17.7 Å². The lowest BCUT2D eigenvalue weighted by Crippen LogP contribution is -2.18. The highest BCUT2D eigenvalue weighted by atomic mass is 16.4. The second kappa shape index (κ2) is 12.5. The summed E-state index contributed by atoms with van der Waals surface area (Å²) in [6, 6.07) is 13.1. The van der Waals surface area contributed by atoms with Gasteiger partial charge in [-0.15, -0.1) is 6.58 Å². The second-order valence-corrected chi connectivity index (χ2v) is 8.71. The lowest BCUT2D eigenvalue weighted by atomic mass is 9.89. The number of Topliss-reactive ketones (excluding diaryl/α,β-unsaturated/α-hetero) is 2. The maximum absolute atomic E-state index is 13.5. The molecule has 174 valence electrons. The van der Waals surface area contributed by atoms with Gasteiger partial charge in [-0.25, -0.2) is 4.79 Å². The molecule has 0 bridgehead atoms. The van der Waals surface area contributed by atoms with Gasteiger partial charge in [0.05, 0.1) is 11.1 Å². The monoisotopic (exact) mass is 454 g/mol. The van der Waals surface area contributed by atoms with E-state index in [9.17, 15) is 19.5 Å². The Morgan fingerprint density at radius 2 is 1.56 bits per heavy atom. The topological polar surface area (TPSA) is 71.4 Å². The van der Waals surface area contributed by atoms with Gasteiger partial charge in [0.15, 0.2) is 11.6 Å². The Balaban J connectivity index is 2.40. The summed E-state index contributed by atoms with van der Waals surface area (Å²) >= 11 is 0. The number of carbonyl (C=O) groups is 3. The third-order valence-electron chi connectivity index (χ3n) is 5.44. The molecule has 2 rings (SSSR count). The van der Waals surface area contributed by atoms with Gasteiger partial charge in [-0.1, -0.05) is 84.7 Å². The van der Waals surface area contributed by atoms with Crippen LogP contribution in [0.15, 0.2) is 96.0 Å². The molecule has 0 saturated heterocycles. The standard InChI is InChI=1S/C29H31BO4/c1-19(10-9-12-22(4)30)18-20(2)16-17-26(27(31)23-13-6-5-11-21(23)3)28(32)24-14-7-8-15-25(24)29(33)34/h5-15,17,20H,4,16,18,30H2,1-3H3,(H,33,34)/b12-9-,19-10+,26-17+. The zero-order valence-corrected chi connectivity index (χ0v) is 20.3. The molecule has 0 fully saturated rings. The van der Waals surface area contributed by atoms with Crippen LogP contribution in [0.5, 0.6) is 0 Å². The number of ketones is 2. The van der Waals surface area contributed by atoms with Crippen LogP contribution in [0.3, 0.4) is 0 Å². The SMILES string of the molecule is BC(=C)/C=C\C=C(/C)CC(C)C/C=C(\C(=O)c1ccccc1C)C(=O)c1ccccc1C(=O)O. The van der Waals surface area contributed by atoms with Crippen LogP contribution >= 0.6 is 0 Å². The number of carbonyl (C=O) groups excluding carboxylic acids is 2. The van der Waals surface area contributed by atoms with Crippen LogP contribution in [0.4, 0.5) is 0 Å². The number of carboxylic acids is 1. The van der Waals surface area contributed by atoms with Crippen molar-refractivity contribution in [2.45, 2.75) is 33.6 Å². The lowest BCUT2D eigenvalue weighted by Gasteiger charge is -2.13. The summed E-state index contributed by atoms with van der Waals surface area (Å²) in [6.45, 7) is 9.75. The molecule has 5 heteroatoms. The van der Waals surface area contributed by atoms with Crippen molar-refractivity contribution in [3.8, 4) is 0 Å². The average Bonchev–Trinajstić information content (AvgIpc) is 2.78. The van der Waals surface area contributed by atoms with Crippen LogP contribution < -0.4 is 0 Å². The molecule has 34 heavy (non-hydrogen) atoms. The molecule has 2 aromatic carbocycles. The predicted octanol–water partition coefficient (Wildman–Crippen LogP) is 5.75. The summed E-state index contributed by atoms with van der Waals surface area (Å²) in [5.74, 6) is -2.00. The van der Waals surface area contributed by atoms with E-state index in [-0.39, 0.29) is 22.6 Å². The van der Waals surface area contributed by atoms with Crippen molar-refractivity contribution >= 4 is 25.4 Å². The maximum atomic E-state index is 13.5. The molecule has 0 aromatic heterocycles. The molecule has 0 spiro atoms. The van der Waals surface area contributed by atoms with Crippen molar-refractivity contribution in [2.24, 2.45) is 5.92 Å². The van der Waals surface area contributed by atoms with E-state index >= 15 is 0 Å². The van der Waals surface area contributed by atoms with Gasteiger partial charge in [0.25, 0.3) is 0 Å². The lowest BCUT2D eigenvalue weighted by molar-refractivity contribution is 0.0691. The van der Waals surface area contributed by atoms with Gasteiger partial charge in [-0.05, 0) is 44.2 Å². The Hall–Kier alpha value is -3.73. The molecule has 0 heterocycles. The molecule has 0 aliphatic rings. The quantitative estimate of drug-likeness (QED) is 0.117. The summed E-state index contributed by atoms with van der Waals surface area (Å²) in [7, 11) is 1.93. The normalized spacial score (nSPS) is 13.0. The van der Waals surface area contributed by atoms with E-state index in [0.29, 0.717) is 12.0 Å². The average molecular weight is 454 g/mol. The van der Waals surface area contributed by atoms with Crippen molar-refractivity contribution in [1.82, 2.24) is 0 Å². The first-order chi connectivity index (χ1) is 16.1. The van der Waals surface area contributed by atoms with Crippen molar-refractivity contribution in [2.75, 3.05) is 0 Å². The Labute approximate surface area is 202 Å². The van der Waals surface area contributed by atoms with Gasteiger partial charge < -0.3 is 5.11 Å². The van der Waals surface area contributed by atoms with Gasteiger partial charge in [0, 0.05) is 11.1 Å². The molecule has 0 radical (unpaired) electrons. The predicted molar refractivity (Wildman–Crippen MR) is 140 cm³/mol. The summed E-state index contributed by atoms with van der Waals surface area (Å²) < 4.78 is 0. The van der Waals surface area contributed by atoms with Gasteiger partial charge in [0.1, 0.15) is 7.85 Å². The van der Waals surface area contributed by atoms with Gasteiger partial charge in [-0.3, -0.25) is 9.59 Å². The van der Waals surface area contributed by atoms with Crippen LogP contribution in [0.2, 0.25) is 0 Å². The van der Waals surface area contributed by atoms with Crippen LogP contribution in [0.25, 0.3) is 0 Å². The minimum Gasteiger partial charge on any atom is -0.478 e. The first kappa shape index (κ1) is 26.5. The van der Waals surface area contributed by atoms with Crippen molar-refractivity contribution in [3.63, 3.8) is 0 Å². The molecular formula is C29H31BO4. The number of hydrogen-bond donors (Lipinski definition) is 1. The number of rotatable bonds is 11. The highest BCUT2D eigenvalue weighted by Crippen LogP contribution is 2.23. The summed E-state index contributed by atoms with van der Waals surface area (Å²) in [4.78, 5) is 38.6. The maximum Gasteiger partial charge on any atom is 0.336 e. The molecule has 0 aliphatic heterocycles. The highest BCUT2D eigenvalue weighted by molar-refractivity contribution is 6.32. The number of carboxylic acid groups (broad SMARTS) is 1. The molecule has 0 aliphatic carbocycles. The zero-order chi connectivity index (χ0) is 25.3. The third-order valence-corrected chi connectivity index (χ3v) is 5.44. The fourth-order valence-corrected chi connectivity index (χ4v) is 3.67. The fraction of sp³-hybridized carbons (Fsp3) is 0.207. The van der Waals surface area contributed by atoms with Gasteiger partial charge in [0.2, 0.25) is 0 Å². The fourth-order valence-electron chi connectivity index (χ4n) is 3.67.